The predicted octanol–water partition coefficient (Wildman–Crippen LogP) is 5.21. The van der Waals surface area contributed by atoms with Gasteiger partial charge in [-0.1, -0.05) is 27.7 Å². The normalized spacial score (nSPS) is 10.3. The molecule has 17 heavy (non-hydrogen) atoms. The van der Waals surface area contributed by atoms with Crippen LogP contribution in [0.3, 0.4) is 0 Å². The SMILES string of the molecule is COc1cc(Sc2ccc(Br)cc2)ccc1I. The van der Waals surface area contributed by atoms with Gasteiger partial charge in [-0.05, 0) is 65.1 Å². The minimum atomic E-state index is 0.924. The van der Waals surface area contributed by atoms with Crippen molar-refractivity contribution in [3.63, 3.8) is 0 Å². The summed E-state index contributed by atoms with van der Waals surface area (Å²) in [6.07, 6.45) is 0. The minimum absolute atomic E-state index is 0.924. The Morgan fingerprint density at radius 3 is 2.35 bits per heavy atom. The summed E-state index contributed by atoms with van der Waals surface area (Å²) in [5.74, 6) is 0.924. The molecule has 1 nitrogen and oxygen atoms in total. The van der Waals surface area contributed by atoms with Crippen LogP contribution in [0.1, 0.15) is 0 Å². The molecule has 0 unspecified atom stereocenters. The van der Waals surface area contributed by atoms with E-state index < -0.39 is 0 Å². The minimum Gasteiger partial charge on any atom is -0.496 e. The van der Waals surface area contributed by atoms with Crippen molar-refractivity contribution < 1.29 is 4.74 Å². The second-order valence-electron chi connectivity index (χ2n) is 3.35. The Morgan fingerprint density at radius 1 is 1.06 bits per heavy atom. The molecule has 2 rings (SSSR count). The molecule has 0 fully saturated rings. The average molecular weight is 421 g/mol. The zero-order valence-corrected chi connectivity index (χ0v) is 13.7. The third-order valence-corrected chi connectivity index (χ3v) is 4.59. The lowest BCUT2D eigenvalue weighted by Crippen LogP contribution is -1.86. The Kier molecular flexibility index (Phi) is 4.76. The van der Waals surface area contributed by atoms with Crippen LogP contribution in [0.2, 0.25) is 0 Å². The van der Waals surface area contributed by atoms with Crippen LogP contribution in [-0.4, -0.2) is 7.11 Å². The Bertz CT molecular complexity index is 513. The third kappa shape index (κ3) is 3.63. The Labute approximate surface area is 127 Å². The number of rotatable bonds is 3. The molecule has 88 valence electrons. The maximum Gasteiger partial charge on any atom is 0.133 e. The monoisotopic (exact) mass is 420 g/mol. The van der Waals surface area contributed by atoms with Gasteiger partial charge in [0.15, 0.2) is 0 Å². The van der Waals surface area contributed by atoms with E-state index in [4.69, 9.17) is 4.74 Å². The number of ether oxygens (including phenoxy) is 1. The summed E-state index contributed by atoms with van der Waals surface area (Å²) >= 11 is 7.44. The second-order valence-corrected chi connectivity index (χ2v) is 6.58. The maximum absolute atomic E-state index is 5.31. The van der Waals surface area contributed by atoms with Gasteiger partial charge in [0.1, 0.15) is 5.75 Å². The average Bonchev–Trinajstić information content (AvgIpc) is 2.34. The molecular formula is C13H10BrIOS. The largest absolute Gasteiger partial charge is 0.496 e. The molecule has 0 aliphatic heterocycles. The molecule has 0 aliphatic rings. The van der Waals surface area contributed by atoms with Crippen molar-refractivity contribution in [3.8, 4) is 5.75 Å². The molecule has 0 spiro atoms. The maximum atomic E-state index is 5.31. The number of benzene rings is 2. The summed E-state index contributed by atoms with van der Waals surface area (Å²) in [6.45, 7) is 0. The molecular weight excluding hydrogens is 411 g/mol. The first-order valence-electron chi connectivity index (χ1n) is 4.96. The van der Waals surface area contributed by atoms with Crippen LogP contribution >= 0.6 is 50.3 Å². The predicted molar refractivity (Wildman–Crippen MR) is 84.0 cm³/mol. The molecule has 0 heterocycles. The highest BCUT2D eigenvalue weighted by molar-refractivity contribution is 14.1. The molecule has 0 aliphatic carbocycles. The first kappa shape index (κ1) is 13.2. The van der Waals surface area contributed by atoms with Crippen molar-refractivity contribution in [1.29, 1.82) is 0 Å². The Morgan fingerprint density at radius 2 is 1.71 bits per heavy atom. The first-order valence-corrected chi connectivity index (χ1v) is 7.65. The molecule has 4 heteroatoms. The van der Waals surface area contributed by atoms with E-state index in [1.165, 1.54) is 9.79 Å². The smallest absolute Gasteiger partial charge is 0.133 e. The lowest BCUT2D eigenvalue weighted by molar-refractivity contribution is 0.410. The summed E-state index contributed by atoms with van der Waals surface area (Å²) in [6, 6.07) is 14.5. The fourth-order valence-electron chi connectivity index (χ4n) is 1.34. The molecule has 0 amide bonds. The van der Waals surface area contributed by atoms with E-state index >= 15 is 0 Å². The van der Waals surface area contributed by atoms with Gasteiger partial charge in [-0.25, -0.2) is 0 Å². The standard InChI is InChI=1S/C13H10BrIOS/c1-16-13-8-11(6-7-12(13)15)17-10-4-2-9(14)3-5-10/h2-8H,1H3. The quantitative estimate of drug-likeness (QED) is 0.630. The number of halogens is 2. The van der Waals surface area contributed by atoms with Gasteiger partial charge in [-0.15, -0.1) is 0 Å². The van der Waals surface area contributed by atoms with Crippen LogP contribution in [0, 0.1) is 3.57 Å². The van der Waals surface area contributed by atoms with Crippen LogP contribution in [0.25, 0.3) is 0 Å². The van der Waals surface area contributed by atoms with Crippen LogP contribution in [0.5, 0.6) is 5.75 Å². The van der Waals surface area contributed by atoms with Gasteiger partial charge in [0.2, 0.25) is 0 Å². The molecule has 0 N–H and O–H groups in total. The van der Waals surface area contributed by atoms with Crippen molar-refractivity contribution in [2.75, 3.05) is 7.11 Å². The van der Waals surface area contributed by atoms with Gasteiger partial charge in [0, 0.05) is 14.3 Å². The topological polar surface area (TPSA) is 9.23 Å². The molecule has 0 radical (unpaired) electrons. The first-order chi connectivity index (χ1) is 8.19. The van der Waals surface area contributed by atoms with E-state index in [0.29, 0.717) is 0 Å². The van der Waals surface area contributed by atoms with Crippen molar-refractivity contribution in [2.45, 2.75) is 9.79 Å². The van der Waals surface area contributed by atoms with E-state index in [9.17, 15) is 0 Å². The summed E-state index contributed by atoms with van der Waals surface area (Å²) in [4.78, 5) is 2.40. The van der Waals surface area contributed by atoms with Crippen molar-refractivity contribution in [3.05, 3.63) is 50.5 Å². The summed E-state index contributed by atoms with van der Waals surface area (Å²) in [7, 11) is 1.70. The number of methoxy groups -OCH3 is 1. The molecule has 0 bridgehead atoms. The zero-order chi connectivity index (χ0) is 12.3. The van der Waals surface area contributed by atoms with Gasteiger partial charge in [0.25, 0.3) is 0 Å². The Hall–Kier alpha value is -0.200. The van der Waals surface area contributed by atoms with Gasteiger partial charge in [-0.3, -0.25) is 0 Å². The molecule has 0 saturated heterocycles. The van der Waals surface area contributed by atoms with Crippen molar-refractivity contribution >= 4 is 50.3 Å². The van der Waals surface area contributed by atoms with Crippen LogP contribution in [0.15, 0.2) is 56.7 Å². The fraction of sp³-hybridized carbons (Fsp3) is 0.0769. The number of hydrogen-bond acceptors (Lipinski definition) is 2. The lowest BCUT2D eigenvalue weighted by Gasteiger charge is -2.06. The van der Waals surface area contributed by atoms with E-state index in [1.54, 1.807) is 18.9 Å². The van der Waals surface area contributed by atoms with Crippen LogP contribution in [-0.2, 0) is 0 Å². The van der Waals surface area contributed by atoms with Gasteiger partial charge in [0.05, 0.1) is 10.7 Å². The lowest BCUT2D eigenvalue weighted by atomic mass is 10.3. The fourth-order valence-corrected chi connectivity index (χ4v) is 3.01. The van der Waals surface area contributed by atoms with Crippen molar-refractivity contribution in [2.24, 2.45) is 0 Å². The molecule has 0 aromatic heterocycles. The van der Waals surface area contributed by atoms with Gasteiger partial charge < -0.3 is 4.74 Å². The third-order valence-electron chi connectivity index (χ3n) is 2.17. The molecule has 2 aromatic carbocycles. The zero-order valence-electron chi connectivity index (χ0n) is 9.11. The van der Waals surface area contributed by atoms with Gasteiger partial charge in [-0.2, -0.15) is 0 Å². The summed E-state index contributed by atoms with van der Waals surface area (Å²) in [5, 5.41) is 0. The highest BCUT2D eigenvalue weighted by Gasteiger charge is 2.03. The molecule has 0 saturated carbocycles. The second kappa shape index (κ2) is 6.11. The highest BCUT2D eigenvalue weighted by atomic mass is 127. The molecule has 2 aromatic rings. The van der Waals surface area contributed by atoms with E-state index in [-0.39, 0.29) is 0 Å². The van der Waals surface area contributed by atoms with Crippen LogP contribution < -0.4 is 4.74 Å². The molecule has 0 atom stereocenters. The van der Waals surface area contributed by atoms with E-state index in [0.717, 1.165) is 13.8 Å². The van der Waals surface area contributed by atoms with E-state index in [1.807, 2.05) is 12.1 Å². The van der Waals surface area contributed by atoms with E-state index in [2.05, 4.69) is 68.9 Å². The van der Waals surface area contributed by atoms with Crippen LogP contribution in [0.4, 0.5) is 0 Å². The summed E-state index contributed by atoms with van der Waals surface area (Å²) < 4.78 is 7.54. The summed E-state index contributed by atoms with van der Waals surface area (Å²) in [5.41, 5.74) is 0. The van der Waals surface area contributed by atoms with Gasteiger partial charge >= 0.3 is 0 Å². The van der Waals surface area contributed by atoms with Crippen molar-refractivity contribution in [1.82, 2.24) is 0 Å². The number of hydrogen-bond donors (Lipinski definition) is 0. The Balaban J connectivity index is 2.21. The highest BCUT2D eigenvalue weighted by Crippen LogP contribution is 2.32.